The smallest absolute Gasteiger partial charge is 0.131 e. The number of nitrogens with zero attached hydrogens (tertiary/aromatic N) is 1. The van der Waals surface area contributed by atoms with Crippen LogP contribution in [0, 0.1) is 0 Å². The molecule has 1 aromatic carbocycles. The van der Waals surface area contributed by atoms with Crippen LogP contribution in [0.15, 0.2) is 30.5 Å². The van der Waals surface area contributed by atoms with E-state index in [0.29, 0.717) is 0 Å². The Morgan fingerprint density at radius 1 is 1.31 bits per heavy atom. The predicted molar refractivity (Wildman–Crippen MR) is 64.8 cm³/mol. The molecule has 2 heterocycles. The van der Waals surface area contributed by atoms with Gasteiger partial charge in [0.1, 0.15) is 11.4 Å². The van der Waals surface area contributed by atoms with Crippen molar-refractivity contribution < 1.29 is 4.74 Å². The highest BCUT2D eigenvalue weighted by molar-refractivity contribution is 5.81. The Morgan fingerprint density at radius 2 is 2.12 bits per heavy atom. The number of fused-ring (bicyclic) bond motifs is 1. The number of aryl methyl sites for hydroxylation is 1. The Morgan fingerprint density at radius 3 is 2.81 bits per heavy atom. The monoisotopic (exact) mass is 216 g/mol. The lowest BCUT2D eigenvalue weighted by atomic mass is 10.00. The Hall–Kier alpha value is -1.48. The average Bonchev–Trinajstić information content (AvgIpc) is 2.58. The van der Waals surface area contributed by atoms with Crippen molar-refractivity contribution in [2.75, 3.05) is 13.1 Å². The van der Waals surface area contributed by atoms with Gasteiger partial charge in [0.05, 0.1) is 5.52 Å². The zero-order chi connectivity index (χ0) is 11.2. The van der Waals surface area contributed by atoms with E-state index in [-0.39, 0.29) is 5.60 Å². The van der Waals surface area contributed by atoms with Gasteiger partial charge in [-0.2, -0.15) is 0 Å². The van der Waals surface area contributed by atoms with Crippen molar-refractivity contribution in [3.63, 3.8) is 0 Å². The lowest BCUT2D eigenvalue weighted by molar-refractivity contribution is 0.0350. The molecule has 3 nitrogen and oxygen atoms in total. The molecule has 1 fully saturated rings. The molecule has 0 amide bonds. The number of rotatable bonds is 2. The van der Waals surface area contributed by atoms with Crippen LogP contribution in [0.25, 0.3) is 10.9 Å². The highest BCUT2D eigenvalue weighted by Gasteiger charge is 2.33. The van der Waals surface area contributed by atoms with Crippen molar-refractivity contribution in [2.45, 2.75) is 12.5 Å². The van der Waals surface area contributed by atoms with E-state index < -0.39 is 0 Å². The third-order valence-corrected chi connectivity index (χ3v) is 3.22. The first-order valence-corrected chi connectivity index (χ1v) is 5.61. The van der Waals surface area contributed by atoms with Crippen LogP contribution in [0.4, 0.5) is 0 Å². The molecule has 2 aromatic rings. The van der Waals surface area contributed by atoms with Crippen molar-refractivity contribution in [1.82, 2.24) is 9.88 Å². The molecule has 3 rings (SSSR count). The van der Waals surface area contributed by atoms with Gasteiger partial charge in [0.15, 0.2) is 0 Å². The van der Waals surface area contributed by atoms with Gasteiger partial charge in [-0.05, 0) is 30.5 Å². The quantitative estimate of drug-likeness (QED) is 0.830. The summed E-state index contributed by atoms with van der Waals surface area (Å²) in [6.45, 7) is 4.00. The first-order chi connectivity index (χ1) is 7.66. The van der Waals surface area contributed by atoms with Gasteiger partial charge in [0, 0.05) is 32.4 Å². The fourth-order valence-electron chi connectivity index (χ4n) is 2.14. The lowest BCUT2D eigenvalue weighted by Gasteiger charge is -2.39. The molecule has 0 unspecified atom stereocenters. The van der Waals surface area contributed by atoms with Gasteiger partial charge in [-0.15, -0.1) is 0 Å². The van der Waals surface area contributed by atoms with Gasteiger partial charge in [0.2, 0.25) is 0 Å². The fourth-order valence-corrected chi connectivity index (χ4v) is 2.14. The molecular weight excluding hydrogens is 200 g/mol. The maximum absolute atomic E-state index is 5.99. The van der Waals surface area contributed by atoms with E-state index in [9.17, 15) is 0 Å². The van der Waals surface area contributed by atoms with Gasteiger partial charge in [-0.1, -0.05) is 0 Å². The molecule has 0 aliphatic carbocycles. The summed E-state index contributed by atoms with van der Waals surface area (Å²) in [6, 6.07) is 8.39. The van der Waals surface area contributed by atoms with Gasteiger partial charge in [0.25, 0.3) is 0 Å². The van der Waals surface area contributed by atoms with Crippen molar-refractivity contribution in [2.24, 2.45) is 7.05 Å². The second-order valence-electron chi connectivity index (χ2n) is 4.80. The molecule has 1 aliphatic heterocycles. The molecule has 1 aliphatic rings. The average molecular weight is 216 g/mol. The van der Waals surface area contributed by atoms with Crippen LogP contribution in [-0.4, -0.2) is 23.3 Å². The Labute approximate surface area is 95.0 Å². The summed E-state index contributed by atoms with van der Waals surface area (Å²) < 4.78 is 8.11. The number of nitrogens with one attached hydrogen (secondary N) is 1. The van der Waals surface area contributed by atoms with E-state index >= 15 is 0 Å². The number of hydrogen-bond acceptors (Lipinski definition) is 2. The molecule has 0 bridgehead atoms. The number of aromatic nitrogens is 1. The van der Waals surface area contributed by atoms with E-state index in [1.165, 1.54) is 10.9 Å². The molecule has 3 heteroatoms. The highest BCUT2D eigenvalue weighted by atomic mass is 16.5. The second-order valence-corrected chi connectivity index (χ2v) is 4.80. The van der Waals surface area contributed by atoms with Crippen LogP contribution in [-0.2, 0) is 7.05 Å². The number of ether oxygens (including phenoxy) is 1. The summed E-state index contributed by atoms with van der Waals surface area (Å²) in [7, 11) is 2.05. The third-order valence-electron chi connectivity index (χ3n) is 3.22. The largest absolute Gasteiger partial charge is 0.485 e. The molecule has 0 spiro atoms. The predicted octanol–water partition coefficient (Wildman–Crippen LogP) is 1.92. The second kappa shape index (κ2) is 3.25. The minimum absolute atomic E-state index is 0.0289. The molecule has 1 N–H and O–H groups in total. The fraction of sp³-hybridized carbons (Fsp3) is 0.385. The summed E-state index contributed by atoms with van der Waals surface area (Å²) in [5.74, 6) is 0.957. The standard InChI is InChI=1S/C13H16N2O/c1-13(8-14-9-13)16-11-4-3-10-5-6-15(2)12(10)7-11/h3-7,14H,8-9H2,1-2H3. The lowest BCUT2D eigenvalue weighted by Crippen LogP contribution is -2.60. The van der Waals surface area contributed by atoms with Crippen LogP contribution < -0.4 is 10.1 Å². The maximum atomic E-state index is 5.99. The van der Waals surface area contributed by atoms with Crippen LogP contribution in [0.1, 0.15) is 6.92 Å². The SMILES string of the molecule is Cn1ccc2ccc(OC3(C)CNC3)cc21. The molecular formula is C13H16N2O. The molecule has 0 saturated carbocycles. The van der Waals surface area contributed by atoms with E-state index in [2.05, 4.69) is 48.3 Å². The minimum Gasteiger partial charge on any atom is -0.485 e. The summed E-state index contributed by atoms with van der Waals surface area (Å²) >= 11 is 0. The van der Waals surface area contributed by atoms with Gasteiger partial charge >= 0.3 is 0 Å². The summed E-state index contributed by atoms with van der Waals surface area (Å²) in [6.07, 6.45) is 2.07. The normalized spacial score (nSPS) is 18.4. The number of benzene rings is 1. The van der Waals surface area contributed by atoms with E-state index in [1.807, 2.05) is 6.07 Å². The number of hydrogen-bond donors (Lipinski definition) is 1. The first-order valence-electron chi connectivity index (χ1n) is 5.61. The molecule has 16 heavy (non-hydrogen) atoms. The highest BCUT2D eigenvalue weighted by Crippen LogP contribution is 2.26. The van der Waals surface area contributed by atoms with Crippen LogP contribution in [0.3, 0.4) is 0 Å². The van der Waals surface area contributed by atoms with Gasteiger partial charge in [-0.3, -0.25) is 0 Å². The zero-order valence-corrected chi connectivity index (χ0v) is 9.66. The van der Waals surface area contributed by atoms with Crippen LogP contribution in [0.2, 0.25) is 0 Å². The van der Waals surface area contributed by atoms with E-state index in [0.717, 1.165) is 18.8 Å². The topological polar surface area (TPSA) is 26.2 Å². The third kappa shape index (κ3) is 1.48. The zero-order valence-electron chi connectivity index (χ0n) is 9.66. The van der Waals surface area contributed by atoms with Gasteiger partial charge in [-0.25, -0.2) is 0 Å². The van der Waals surface area contributed by atoms with Crippen LogP contribution in [0.5, 0.6) is 5.75 Å². The summed E-state index contributed by atoms with van der Waals surface area (Å²) in [5.41, 5.74) is 1.19. The van der Waals surface area contributed by atoms with Gasteiger partial charge < -0.3 is 14.6 Å². The van der Waals surface area contributed by atoms with Crippen molar-refractivity contribution in [3.05, 3.63) is 30.5 Å². The molecule has 84 valence electrons. The molecule has 0 atom stereocenters. The van der Waals surface area contributed by atoms with Crippen molar-refractivity contribution >= 4 is 10.9 Å². The molecule has 1 aromatic heterocycles. The first kappa shape index (κ1) is 9.73. The van der Waals surface area contributed by atoms with E-state index in [1.54, 1.807) is 0 Å². The maximum Gasteiger partial charge on any atom is 0.131 e. The Balaban J connectivity index is 1.95. The summed E-state index contributed by atoms with van der Waals surface area (Å²) in [4.78, 5) is 0. The minimum atomic E-state index is -0.0289. The Bertz CT molecular complexity index is 526. The molecule has 0 radical (unpaired) electrons. The Kier molecular flexibility index (Phi) is 1.98. The van der Waals surface area contributed by atoms with Crippen LogP contribution >= 0.6 is 0 Å². The van der Waals surface area contributed by atoms with Crippen molar-refractivity contribution in [3.8, 4) is 5.75 Å². The van der Waals surface area contributed by atoms with E-state index in [4.69, 9.17) is 4.74 Å². The summed E-state index contributed by atoms with van der Waals surface area (Å²) in [5, 5.41) is 4.49. The van der Waals surface area contributed by atoms with Crippen molar-refractivity contribution in [1.29, 1.82) is 0 Å². The molecule has 1 saturated heterocycles.